The highest BCUT2D eigenvalue weighted by molar-refractivity contribution is 6.42. The minimum Gasteiger partial charge on any atom is -0.427 e. The van der Waals surface area contributed by atoms with E-state index in [1.54, 1.807) is 0 Å². The second kappa shape index (κ2) is 13.3. The number of hydrogen-bond acceptors (Lipinski definition) is 6. The Morgan fingerprint density at radius 3 is 2.59 bits per heavy atom. The van der Waals surface area contributed by atoms with Gasteiger partial charge in [0.15, 0.2) is 0 Å². The highest BCUT2D eigenvalue weighted by atomic mass is 35.5. The van der Waals surface area contributed by atoms with E-state index in [1.165, 1.54) is 12.0 Å². The largest absolute Gasteiger partial charge is 0.451 e. The Bertz CT molecular complexity index is 601. The van der Waals surface area contributed by atoms with Crippen molar-refractivity contribution >= 4 is 36.5 Å². The first kappa shape index (κ1) is 24.1. The summed E-state index contributed by atoms with van der Waals surface area (Å²) in [5.74, 6) is 0.501. The molecule has 2 unspecified atom stereocenters. The Morgan fingerprint density at radius 1 is 1.26 bits per heavy atom. The zero-order valence-electron chi connectivity index (χ0n) is 15.3. The maximum Gasteiger partial charge on any atom is 0.451 e. The van der Waals surface area contributed by atoms with Crippen molar-refractivity contribution in [3.8, 4) is 0 Å². The summed E-state index contributed by atoms with van der Waals surface area (Å²) in [5.41, 5.74) is 7.55. The summed E-state index contributed by atoms with van der Waals surface area (Å²) in [6.45, 7) is 2.96. The first-order valence-electron chi connectivity index (χ1n) is 9.14. The van der Waals surface area contributed by atoms with Crippen molar-refractivity contribution in [3.05, 3.63) is 33.8 Å². The van der Waals surface area contributed by atoms with E-state index in [0.717, 1.165) is 45.3 Å². The van der Waals surface area contributed by atoms with Gasteiger partial charge in [0.05, 0.1) is 10.0 Å². The lowest BCUT2D eigenvalue weighted by Crippen LogP contribution is -2.43. The van der Waals surface area contributed by atoms with E-state index in [-0.39, 0.29) is 12.2 Å². The molecular formula is C18H27BCl2N2O4. The van der Waals surface area contributed by atoms with Crippen LogP contribution in [0.4, 0.5) is 0 Å². The fourth-order valence-corrected chi connectivity index (χ4v) is 3.74. The van der Waals surface area contributed by atoms with Gasteiger partial charge in [-0.25, -0.2) is 0 Å². The SMILES string of the molecule is NC(CCCCB(O)O)C1CCCN(Cc2ccc(Cl)c(Cl)c2)C1.O=C=O. The molecule has 6 nitrogen and oxygen atoms in total. The Kier molecular flexibility index (Phi) is 11.9. The molecule has 0 amide bonds. The maximum absolute atomic E-state index is 8.88. The average molecular weight is 417 g/mol. The zero-order chi connectivity index (χ0) is 20.2. The lowest BCUT2D eigenvalue weighted by Gasteiger charge is -2.35. The first-order chi connectivity index (χ1) is 12.9. The molecule has 0 radical (unpaired) electrons. The summed E-state index contributed by atoms with van der Waals surface area (Å²) in [6.07, 6.45) is 5.71. The van der Waals surface area contributed by atoms with Crippen LogP contribution < -0.4 is 5.73 Å². The molecule has 150 valence electrons. The predicted molar refractivity (Wildman–Crippen MR) is 106 cm³/mol. The molecule has 0 saturated carbocycles. The third-order valence-corrected chi connectivity index (χ3v) is 5.53. The number of rotatable bonds is 8. The molecule has 2 atom stereocenters. The van der Waals surface area contributed by atoms with Gasteiger partial charge in [-0.1, -0.05) is 42.1 Å². The van der Waals surface area contributed by atoms with Crippen LogP contribution in [0, 0.1) is 5.92 Å². The molecule has 1 heterocycles. The molecule has 4 N–H and O–H groups in total. The van der Waals surface area contributed by atoms with E-state index in [9.17, 15) is 0 Å². The van der Waals surface area contributed by atoms with Crippen LogP contribution in [0.2, 0.25) is 16.4 Å². The molecule has 1 aliphatic rings. The van der Waals surface area contributed by atoms with Crippen LogP contribution in [-0.4, -0.2) is 47.3 Å². The highest BCUT2D eigenvalue weighted by Crippen LogP contribution is 2.26. The van der Waals surface area contributed by atoms with Gasteiger partial charge in [0.25, 0.3) is 0 Å². The van der Waals surface area contributed by atoms with Gasteiger partial charge in [0.1, 0.15) is 0 Å². The van der Waals surface area contributed by atoms with Gasteiger partial charge in [-0.3, -0.25) is 4.90 Å². The van der Waals surface area contributed by atoms with E-state index in [0.29, 0.717) is 22.3 Å². The fourth-order valence-electron chi connectivity index (χ4n) is 3.42. The van der Waals surface area contributed by atoms with Crippen molar-refractivity contribution in [1.82, 2.24) is 4.90 Å². The number of unbranched alkanes of at least 4 members (excludes halogenated alkanes) is 1. The summed E-state index contributed by atoms with van der Waals surface area (Å²) in [7, 11) is -1.20. The summed E-state index contributed by atoms with van der Waals surface area (Å²) in [4.78, 5) is 18.7. The second-order valence-electron chi connectivity index (χ2n) is 6.90. The molecule has 9 heteroatoms. The molecule has 1 aromatic rings. The van der Waals surface area contributed by atoms with Gasteiger partial charge in [-0.15, -0.1) is 0 Å². The van der Waals surface area contributed by atoms with Crippen LogP contribution >= 0.6 is 23.2 Å². The topological polar surface area (TPSA) is 104 Å². The van der Waals surface area contributed by atoms with Crippen molar-refractivity contribution in [2.24, 2.45) is 11.7 Å². The predicted octanol–water partition coefficient (Wildman–Crippen LogP) is 2.59. The summed E-state index contributed by atoms with van der Waals surface area (Å²) < 4.78 is 0. The average Bonchev–Trinajstić information content (AvgIpc) is 2.62. The molecule has 0 bridgehead atoms. The van der Waals surface area contributed by atoms with Crippen LogP contribution in [0.5, 0.6) is 0 Å². The molecule has 27 heavy (non-hydrogen) atoms. The number of halogens is 2. The Labute approximate surface area is 170 Å². The highest BCUT2D eigenvalue weighted by Gasteiger charge is 2.25. The molecule has 2 rings (SSSR count). The third kappa shape index (κ3) is 9.72. The van der Waals surface area contributed by atoms with E-state index >= 15 is 0 Å². The molecule has 1 fully saturated rings. The van der Waals surface area contributed by atoms with Gasteiger partial charge in [-0.2, -0.15) is 9.59 Å². The van der Waals surface area contributed by atoms with Crippen molar-refractivity contribution in [1.29, 1.82) is 0 Å². The lowest BCUT2D eigenvalue weighted by molar-refractivity contribution is -0.191. The van der Waals surface area contributed by atoms with E-state index in [1.807, 2.05) is 18.2 Å². The Hall–Kier alpha value is -0.915. The summed E-state index contributed by atoms with van der Waals surface area (Å²) >= 11 is 12.1. The van der Waals surface area contributed by atoms with Crippen LogP contribution in [0.25, 0.3) is 0 Å². The maximum atomic E-state index is 8.88. The smallest absolute Gasteiger partial charge is 0.427 e. The molecule has 0 aromatic heterocycles. The first-order valence-corrected chi connectivity index (χ1v) is 9.90. The molecular weight excluding hydrogens is 390 g/mol. The monoisotopic (exact) mass is 416 g/mol. The molecule has 1 aliphatic heterocycles. The Balaban J connectivity index is 0.00000114. The van der Waals surface area contributed by atoms with E-state index < -0.39 is 7.12 Å². The standard InChI is InChI=1S/C17H27BCl2N2O2.CO2/c19-15-7-6-13(10-16(15)20)11-22-9-3-4-14(12-22)17(21)5-1-2-8-18(23)24;2-1-3/h6-7,10,14,17,23-24H,1-5,8-9,11-12,21H2;. The van der Waals surface area contributed by atoms with Crippen LogP contribution in [0.3, 0.4) is 0 Å². The van der Waals surface area contributed by atoms with Crippen molar-refractivity contribution in [3.63, 3.8) is 0 Å². The van der Waals surface area contributed by atoms with E-state index in [4.69, 9.17) is 48.6 Å². The molecule has 1 saturated heterocycles. The van der Waals surface area contributed by atoms with Gasteiger partial charge in [0, 0.05) is 19.1 Å². The number of nitrogens with two attached hydrogens (primary N) is 1. The summed E-state index contributed by atoms with van der Waals surface area (Å²) in [6, 6.07) is 5.99. The second-order valence-corrected chi connectivity index (χ2v) is 7.71. The quantitative estimate of drug-likeness (QED) is 0.444. The van der Waals surface area contributed by atoms with Crippen LogP contribution in [0.15, 0.2) is 18.2 Å². The van der Waals surface area contributed by atoms with E-state index in [2.05, 4.69) is 4.90 Å². The van der Waals surface area contributed by atoms with Gasteiger partial charge < -0.3 is 15.8 Å². The minimum atomic E-state index is -1.20. The van der Waals surface area contributed by atoms with Crippen molar-refractivity contribution in [2.45, 2.75) is 51.0 Å². The minimum absolute atomic E-state index is 0.178. The number of hydrogen-bond donors (Lipinski definition) is 3. The van der Waals surface area contributed by atoms with Gasteiger partial charge in [0.2, 0.25) is 0 Å². The Morgan fingerprint density at radius 2 is 1.96 bits per heavy atom. The lowest BCUT2D eigenvalue weighted by atomic mass is 9.82. The fraction of sp³-hybridized carbons (Fsp3) is 0.611. The number of benzene rings is 1. The number of likely N-dealkylation sites (tertiary alicyclic amines) is 1. The number of carbonyl (C=O) groups excluding carboxylic acids is 2. The third-order valence-electron chi connectivity index (χ3n) is 4.79. The number of nitrogens with zero attached hydrogens (tertiary/aromatic N) is 1. The van der Waals surface area contributed by atoms with Crippen LogP contribution in [0.1, 0.15) is 37.7 Å². The molecule has 1 aromatic carbocycles. The van der Waals surface area contributed by atoms with Crippen molar-refractivity contribution in [2.75, 3.05) is 13.1 Å². The zero-order valence-corrected chi connectivity index (χ0v) is 16.8. The normalized spacial score (nSPS) is 18.2. The van der Waals surface area contributed by atoms with Crippen LogP contribution in [-0.2, 0) is 16.1 Å². The summed E-state index contributed by atoms with van der Waals surface area (Å²) in [5, 5.41) is 18.9. The van der Waals surface area contributed by atoms with Gasteiger partial charge >= 0.3 is 13.3 Å². The van der Waals surface area contributed by atoms with Crippen molar-refractivity contribution < 1.29 is 19.6 Å². The molecule has 0 aliphatic carbocycles. The van der Waals surface area contributed by atoms with Gasteiger partial charge in [-0.05, 0) is 55.7 Å². The number of piperidine rings is 1. The molecule has 0 spiro atoms.